The van der Waals surface area contributed by atoms with Gasteiger partial charge in [-0.05, 0) is 6.42 Å². The molecule has 118 valence electrons. The second-order valence-electron chi connectivity index (χ2n) is 5.54. The molecule has 22 heavy (non-hydrogen) atoms. The number of likely N-dealkylation sites (tertiary alicyclic amines) is 1. The van der Waals surface area contributed by atoms with Crippen LogP contribution in [0.2, 0.25) is 0 Å². The Kier molecular flexibility index (Phi) is 4.19. The van der Waals surface area contributed by atoms with Crippen LogP contribution in [0.3, 0.4) is 0 Å². The molecule has 0 unspecified atom stereocenters. The second-order valence-corrected chi connectivity index (χ2v) is 5.54. The molecule has 3 rings (SSSR count). The van der Waals surface area contributed by atoms with Gasteiger partial charge in [-0.15, -0.1) is 0 Å². The van der Waals surface area contributed by atoms with Gasteiger partial charge in [0.25, 0.3) is 0 Å². The molecule has 3 heterocycles. The largest absolute Gasteiger partial charge is 0.364 e. The molecule has 8 nitrogen and oxygen atoms in total. The van der Waals surface area contributed by atoms with Gasteiger partial charge in [-0.2, -0.15) is 4.98 Å². The zero-order chi connectivity index (χ0) is 15.5. The molecule has 1 saturated heterocycles. The van der Waals surface area contributed by atoms with Crippen LogP contribution < -0.4 is 0 Å². The van der Waals surface area contributed by atoms with E-state index in [-0.39, 0.29) is 11.9 Å². The highest BCUT2D eigenvalue weighted by Gasteiger charge is 2.30. The van der Waals surface area contributed by atoms with E-state index in [1.54, 1.807) is 20.1 Å². The lowest BCUT2D eigenvalue weighted by molar-refractivity contribution is -0.131. The van der Waals surface area contributed by atoms with E-state index >= 15 is 0 Å². The Morgan fingerprint density at radius 1 is 1.50 bits per heavy atom. The van der Waals surface area contributed by atoms with Gasteiger partial charge in [-0.1, -0.05) is 10.3 Å². The Morgan fingerprint density at radius 3 is 3.00 bits per heavy atom. The van der Waals surface area contributed by atoms with Crippen molar-refractivity contribution in [1.82, 2.24) is 25.1 Å². The highest BCUT2D eigenvalue weighted by atomic mass is 16.5. The van der Waals surface area contributed by atoms with E-state index in [0.717, 1.165) is 31.7 Å². The predicted molar refractivity (Wildman–Crippen MR) is 75.4 cm³/mol. The van der Waals surface area contributed by atoms with E-state index in [4.69, 9.17) is 9.05 Å². The predicted octanol–water partition coefficient (Wildman–Crippen LogP) is 0.989. The van der Waals surface area contributed by atoms with Crippen LogP contribution in [-0.4, -0.2) is 50.1 Å². The summed E-state index contributed by atoms with van der Waals surface area (Å²) in [7, 11) is 0. The van der Waals surface area contributed by atoms with Crippen molar-refractivity contribution in [2.24, 2.45) is 0 Å². The minimum Gasteiger partial charge on any atom is -0.364 e. The van der Waals surface area contributed by atoms with Crippen LogP contribution in [0.4, 0.5) is 0 Å². The number of rotatable bonds is 5. The van der Waals surface area contributed by atoms with Crippen molar-refractivity contribution < 1.29 is 13.8 Å². The molecular formula is C14H19N5O3. The summed E-state index contributed by atoms with van der Waals surface area (Å²) in [5.74, 6) is 1.08. The third kappa shape index (κ3) is 3.33. The highest BCUT2D eigenvalue weighted by molar-refractivity contribution is 5.73. The summed E-state index contributed by atoms with van der Waals surface area (Å²) in [6.07, 6.45) is 2.50. The molecule has 0 saturated carbocycles. The molecule has 0 aromatic carbocycles. The van der Waals surface area contributed by atoms with Gasteiger partial charge >= 0.3 is 0 Å². The number of hydrogen-bond acceptors (Lipinski definition) is 7. The van der Waals surface area contributed by atoms with Crippen molar-refractivity contribution in [3.05, 3.63) is 29.7 Å². The molecule has 1 amide bonds. The fourth-order valence-electron chi connectivity index (χ4n) is 2.81. The number of nitrogens with zero attached hydrogens (tertiary/aromatic N) is 5. The number of aromatic nitrogens is 3. The number of aryl methyl sites for hydroxylation is 1. The molecular weight excluding hydrogens is 286 g/mol. The lowest BCUT2D eigenvalue weighted by Gasteiger charge is -2.26. The van der Waals surface area contributed by atoms with Crippen molar-refractivity contribution in [2.75, 3.05) is 13.1 Å². The number of hydrogen-bond donors (Lipinski definition) is 0. The molecule has 2 aromatic rings. The summed E-state index contributed by atoms with van der Waals surface area (Å²) < 4.78 is 9.82. The maximum absolute atomic E-state index is 12.0. The SMILES string of the molecule is CC(=O)N(Cc1noc(C)n1)[C@@H]1CCN(Cc2ccon2)C1. The Bertz CT molecular complexity index is 624. The van der Waals surface area contributed by atoms with E-state index in [0.29, 0.717) is 18.3 Å². The molecule has 1 aliphatic heterocycles. The van der Waals surface area contributed by atoms with Gasteiger partial charge in [0.2, 0.25) is 11.8 Å². The molecule has 0 radical (unpaired) electrons. The van der Waals surface area contributed by atoms with Crippen LogP contribution in [0.15, 0.2) is 21.4 Å². The number of amides is 1. The molecule has 0 bridgehead atoms. The summed E-state index contributed by atoms with van der Waals surface area (Å²) in [6.45, 7) is 6.17. The van der Waals surface area contributed by atoms with Crippen LogP contribution in [-0.2, 0) is 17.9 Å². The summed E-state index contributed by atoms with van der Waals surface area (Å²) in [5, 5.41) is 7.80. The fraction of sp³-hybridized carbons (Fsp3) is 0.571. The van der Waals surface area contributed by atoms with Crippen molar-refractivity contribution >= 4 is 5.91 Å². The molecule has 1 atom stereocenters. The molecule has 0 spiro atoms. The van der Waals surface area contributed by atoms with E-state index < -0.39 is 0 Å². The van der Waals surface area contributed by atoms with E-state index in [2.05, 4.69) is 20.2 Å². The summed E-state index contributed by atoms with van der Waals surface area (Å²) in [6, 6.07) is 2.02. The average molecular weight is 305 g/mol. The average Bonchev–Trinajstić information content (AvgIpc) is 3.19. The van der Waals surface area contributed by atoms with Crippen molar-refractivity contribution in [1.29, 1.82) is 0 Å². The second kappa shape index (κ2) is 6.27. The summed E-state index contributed by atoms with van der Waals surface area (Å²) in [5.41, 5.74) is 0.906. The van der Waals surface area contributed by atoms with Gasteiger partial charge in [0.1, 0.15) is 6.26 Å². The van der Waals surface area contributed by atoms with Crippen molar-refractivity contribution in [3.63, 3.8) is 0 Å². The van der Waals surface area contributed by atoms with Gasteiger partial charge in [0.15, 0.2) is 5.82 Å². The smallest absolute Gasteiger partial charge is 0.223 e. The fourth-order valence-corrected chi connectivity index (χ4v) is 2.81. The molecule has 8 heteroatoms. The van der Waals surface area contributed by atoms with E-state index in [1.807, 2.05) is 11.0 Å². The maximum Gasteiger partial charge on any atom is 0.223 e. The Labute approximate surface area is 128 Å². The first-order valence-electron chi connectivity index (χ1n) is 7.30. The zero-order valence-electron chi connectivity index (χ0n) is 12.7. The number of carbonyl (C=O) groups excluding carboxylic acids is 1. The summed E-state index contributed by atoms with van der Waals surface area (Å²) in [4.78, 5) is 20.2. The first-order valence-corrected chi connectivity index (χ1v) is 7.30. The maximum atomic E-state index is 12.0. The lowest BCUT2D eigenvalue weighted by Crippen LogP contribution is -2.40. The van der Waals surface area contributed by atoms with Crippen LogP contribution in [0.5, 0.6) is 0 Å². The van der Waals surface area contributed by atoms with E-state index in [1.165, 1.54) is 0 Å². The van der Waals surface area contributed by atoms with Crippen LogP contribution in [0.25, 0.3) is 0 Å². The first-order chi connectivity index (χ1) is 10.6. The normalized spacial score (nSPS) is 18.7. The van der Waals surface area contributed by atoms with Crippen LogP contribution in [0.1, 0.15) is 30.8 Å². The van der Waals surface area contributed by atoms with Gasteiger partial charge in [0.05, 0.1) is 12.2 Å². The summed E-state index contributed by atoms with van der Waals surface area (Å²) >= 11 is 0. The topological polar surface area (TPSA) is 88.5 Å². The molecule has 1 aliphatic rings. The Balaban J connectivity index is 1.61. The van der Waals surface area contributed by atoms with Crippen molar-refractivity contribution in [3.8, 4) is 0 Å². The third-order valence-electron chi connectivity index (χ3n) is 3.85. The quantitative estimate of drug-likeness (QED) is 0.813. The molecule has 2 aromatic heterocycles. The van der Waals surface area contributed by atoms with E-state index in [9.17, 15) is 4.79 Å². The standard InChI is InChI=1S/C14H19N5O3/c1-10-15-14(17-22-10)9-19(11(2)20)13-3-5-18(8-13)7-12-4-6-21-16-12/h4,6,13H,3,5,7-9H2,1-2H3/t13-/m1/s1. The minimum absolute atomic E-state index is 0.0238. The Hall–Kier alpha value is -2.22. The first kappa shape index (κ1) is 14.7. The van der Waals surface area contributed by atoms with Gasteiger partial charge in [0, 0.05) is 45.6 Å². The molecule has 0 N–H and O–H groups in total. The van der Waals surface area contributed by atoms with Crippen molar-refractivity contribution in [2.45, 2.75) is 39.4 Å². The van der Waals surface area contributed by atoms with Gasteiger partial charge in [-0.25, -0.2) is 0 Å². The highest BCUT2D eigenvalue weighted by Crippen LogP contribution is 2.19. The number of carbonyl (C=O) groups is 1. The minimum atomic E-state index is 0.0238. The van der Waals surface area contributed by atoms with Gasteiger partial charge in [-0.3, -0.25) is 9.69 Å². The molecule has 1 fully saturated rings. The van der Waals surface area contributed by atoms with Crippen LogP contribution >= 0.6 is 0 Å². The lowest BCUT2D eigenvalue weighted by atomic mass is 10.2. The monoisotopic (exact) mass is 305 g/mol. The Morgan fingerprint density at radius 2 is 2.36 bits per heavy atom. The zero-order valence-corrected chi connectivity index (χ0v) is 12.7. The molecule has 0 aliphatic carbocycles. The van der Waals surface area contributed by atoms with Gasteiger partial charge < -0.3 is 13.9 Å². The third-order valence-corrected chi connectivity index (χ3v) is 3.85. The van der Waals surface area contributed by atoms with Crippen LogP contribution in [0, 0.1) is 6.92 Å².